The van der Waals surface area contributed by atoms with E-state index in [0.717, 1.165) is 60.2 Å². The van der Waals surface area contributed by atoms with Crippen molar-refractivity contribution in [2.24, 2.45) is 0 Å². The second-order valence-corrected chi connectivity index (χ2v) is 10.6. The van der Waals surface area contributed by atoms with Gasteiger partial charge in [-0.1, -0.05) is 52.3 Å². The highest BCUT2D eigenvalue weighted by Crippen LogP contribution is 2.38. The number of allylic oxidation sites excluding steroid dienone is 1. The number of methoxy groups -OCH3 is 1. The first kappa shape index (κ1) is 24.9. The van der Waals surface area contributed by atoms with Crippen molar-refractivity contribution in [2.45, 2.75) is 37.4 Å². The zero-order valence-electron chi connectivity index (χ0n) is 19.8. The van der Waals surface area contributed by atoms with Gasteiger partial charge in [-0.25, -0.2) is 13.6 Å². The van der Waals surface area contributed by atoms with Gasteiger partial charge < -0.3 is 9.64 Å². The molecule has 0 atom stereocenters. The van der Waals surface area contributed by atoms with Crippen LogP contribution in [0.25, 0.3) is 11.6 Å². The van der Waals surface area contributed by atoms with Gasteiger partial charge in [-0.3, -0.25) is 0 Å². The fourth-order valence-electron chi connectivity index (χ4n) is 4.76. The highest BCUT2D eigenvalue weighted by atomic mass is 79.9. The van der Waals surface area contributed by atoms with Crippen LogP contribution in [0, 0.1) is 0 Å². The lowest BCUT2D eigenvalue weighted by atomic mass is 9.57. The van der Waals surface area contributed by atoms with E-state index in [1.54, 1.807) is 0 Å². The fourth-order valence-corrected chi connectivity index (χ4v) is 5.48. The van der Waals surface area contributed by atoms with Gasteiger partial charge >= 0.3 is 5.97 Å². The molecule has 0 radical (unpaired) electrons. The van der Waals surface area contributed by atoms with Crippen molar-refractivity contribution in [3.05, 3.63) is 80.3 Å². The minimum Gasteiger partial charge on any atom is -0.465 e. The van der Waals surface area contributed by atoms with Crippen molar-refractivity contribution in [1.29, 1.82) is 0 Å². The van der Waals surface area contributed by atoms with Gasteiger partial charge in [0.2, 0.25) is 6.43 Å². The maximum Gasteiger partial charge on any atom is 0.337 e. The highest BCUT2D eigenvalue weighted by molar-refractivity contribution is 9.11. The highest BCUT2D eigenvalue weighted by Gasteiger charge is 2.35. The van der Waals surface area contributed by atoms with E-state index in [-0.39, 0.29) is 12.4 Å². The number of rotatable bonds is 6. The van der Waals surface area contributed by atoms with Crippen LogP contribution in [0.2, 0.25) is 0 Å². The molecule has 2 aromatic carbocycles. The third-order valence-corrected chi connectivity index (χ3v) is 7.57. The number of hydrogen-bond acceptors (Lipinski definition) is 3. The minimum atomic E-state index is -2.29. The van der Waals surface area contributed by atoms with Gasteiger partial charge in [-0.15, -0.1) is 0 Å². The van der Waals surface area contributed by atoms with Gasteiger partial charge in [0.05, 0.1) is 12.7 Å². The van der Waals surface area contributed by atoms with Crippen molar-refractivity contribution in [1.82, 2.24) is 4.90 Å². The fraction of sp³-hybridized carbons (Fsp3) is 0.346. The van der Waals surface area contributed by atoms with Gasteiger partial charge in [0, 0.05) is 24.0 Å². The predicted octanol–water partition coefficient (Wildman–Crippen LogP) is 4.24. The number of ether oxygens (including phenoxy) is 1. The second kappa shape index (κ2) is 10.2. The molecule has 1 heterocycles. The normalized spacial score (nSPS) is 16.7. The Hall–Kier alpha value is -2.18. The molecule has 0 bridgehead atoms. The van der Waals surface area contributed by atoms with Gasteiger partial charge in [-0.2, -0.15) is 0 Å². The van der Waals surface area contributed by atoms with E-state index in [1.807, 2.05) is 33.9 Å². The molecule has 1 fully saturated rings. The number of halogens is 3. The van der Waals surface area contributed by atoms with Crippen LogP contribution in [0.4, 0.5) is 8.78 Å². The Morgan fingerprint density at radius 1 is 1.18 bits per heavy atom. The van der Waals surface area contributed by atoms with E-state index in [2.05, 4.69) is 51.2 Å². The average Bonchev–Trinajstić information content (AvgIpc) is 2.92. The monoisotopic (exact) mass is 525 g/mol. The summed E-state index contributed by atoms with van der Waals surface area (Å²) in [5.74, 6) is -0.318. The van der Waals surface area contributed by atoms with Crippen molar-refractivity contribution >= 4 is 49.2 Å². The summed E-state index contributed by atoms with van der Waals surface area (Å²) in [4.78, 5) is 14.1. The van der Waals surface area contributed by atoms with Crippen LogP contribution in [0.15, 0.2) is 52.5 Å². The number of esters is 1. The molecule has 3 nitrogen and oxygen atoms in total. The molecule has 4 rings (SSSR count). The summed E-state index contributed by atoms with van der Waals surface area (Å²) < 4.78 is 31.7. The molecule has 0 unspecified atom stereocenters. The molecular formula is C26H28B2BrF2NO2. The van der Waals surface area contributed by atoms with Crippen LogP contribution in [-0.2, 0) is 11.2 Å². The molecule has 0 spiro atoms. The molecule has 8 heteroatoms. The van der Waals surface area contributed by atoms with Crippen LogP contribution in [-0.4, -0.2) is 58.5 Å². The summed E-state index contributed by atoms with van der Waals surface area (Å²) in [6.45, 7) is 1.46. The van der Waals surface area contributed by atoms with E-state index >= 15 is 0 Å². The number of aryl methyl sites for hydroxylation is 1. The van der Waals surface area contributed by atoms with Crippen LogP contribution in [0.5, 0.6) is 0 Å². The van der Waals surface area contributed by atoms with Gasteiger partial charge in [0.25, 0.3) is 0 Å². The molecule has 2 aromatic rings. The van der Waals surface area contributed by atoms with Crippen LogP contribution >= 0.6 is 15.9 Å². The van der Waals surface area contributed by atoms with Crippen LogP contribution < -0.4 is 0 Å². The van der Waals surface area contributed by atoms with Crippen molar-refractivity contribution in [2.75, 3.05) is 20.2 Å². The van der Waals surface area contributed by atoms with E-state index in [0.29, 0.717) is 5.56 Å². The number of nitrogens with zero attached hydrogens (tertiary/aromatic N) is 1. The van der Waals surface area contributed by atoms with Crippen molar-refractivity contribution < 1.29 is 18.3 Å². The first-order chi connectivity index (χ1) is 16.2. The number of alkyl halides is 2. The third-order valence-electron chi connectivity index (χ3n) is 6.78. The molecule has 176 valence electrons. The largest absolute Gasteiger partial charge is 0.465 e. The Balaban J connectivity index is 1.53. The lowest BCUT2D eigenvalue weighted by molar-refractivity contribution is 0.0600. The topological polar surface area (TPSA) is 29.5 Å². The van der Waals surface area contributed by atoms with E-state index in [1.165, 1.54) is 17.2 Å². The first-order valence-electron chi connectivity index (χ1n) is 11.6. The first-order valence-corrected chi connectivity index (χ1v) is 12.4. The maximum absolute atomic E-state index is 12.8. The molecule has 1 saturated heterocycles. The number of likely N-dealkylation sites (tertiary alicyclic amines) is 1. The van der Waals surface area contributed by atoms with Crippen LogP contribution in [0.3, 0.4) is 0 Å². The summed E-state index contributed by atoms with van der Waals surface area (Å²) in [6.07, 6.45) is 2.61. The molecule has 0 aromatic heterocycles. The molecule has 1 aliphatic carbocycles. The van der Waals surface area contributed by atoms with E-state index < -0.39 is 11.8 Å². The quantitative estimate of drug-likeness (QED) is 0.417. The number of carbonyl (C=O) groups excluding carboxylic acids is 1. The third kappa shape index (κ3) is 5.38. The number of benzene rings is 2. The zero-order valence-corrected chi connectivity index (χ0v) is 21.4. The summed E-state index contributed by atoms with van der Waals surface area (Å²) >= 11 is 3.81. The molecule has 0 saturated carbocycles. The SMILES string of the molecule is BC(B)(CC(F)F)N1CC(=Cc2ccc(C3=C(Br)CCCc4cc(C(=O)OC)ccc43)cc2)C1. The van der Waals surface area contributed by atoms with Crippen molar-refractivity contribution in [3.8, 4) is 0 Å². The maximum atomic E-state index is 12.8. The molecule has 0 N–H and O–H groups in total. The second-order valence-electron chi connectivity index (χ2n) is 9.69. The van der Waals surface area contributed by atoms with Crippen molar-refractivity contribution in [3.63, 3.8) is 0 Å². The molecule has 0 amide bonds. The number of fused-ring (bicyclic) bond motifs is 1. The summed E-state index contributed by atoms with van der Waals surface area (Å²) in [5, 5.41) is -0.491. The summed E-state index contributed by atoms with van der Waals surface area (Å²) in [6, 6.07) is 14.3. The number of carbonyl (C=O) groups is 1. The van der Waals surface area contributed by atoms with E-state index in [9.17, 15) is 13.6 Å². The summed E-state index contributed by atoms with van der Waals surface area (Å²) in [5.41, 5.74) is 7.51. The lowest BCUT2D eigenvalue weighted by Gasteiger charge is -2.46. The predicted molar refractivity (Wildman–Crippen MR) is 142 cm³/mol. The standard InChI is InChI=1S/C26H28B2BrF2NO2/c1-34-25(33)20-9-10-21-19(12-20)3-2-4-22(29)24(21)18-7-5-16(6-8-18)11-17-14-32(15-17)26(27,28)13-23(30)31/h5-12,23H,2-4,13-15,27-28H2,1H3. The Kier molecular flexibility index (Phi) is 7.48. The minimum absolute atomic E-state index is 0.110. The van der Waals surface area contributed by atoms with Crippen LogP contribution in [0.1, 0.15) is 51.9 Å². The van der Waals surface area contributed by atoms with Gasteiger partial charge in [0.15, 0.2) is 0 Å². The zero-order chi connectivity index (χ0) is 24.5. The lowest BCUT2D eigenvalue weighted by Crippen LogP contribution is -2.58. The van der Waals surface area contributed by atoms with E-state index in [4.69, 9.17) is 4.74 Å². The Bertz CT molecular complexity index is 1140. The number of hydrogen-bond donors (Lipinski definition) is 0. The average molecular weight is 526 g/mol. The molecule has 34 heavy (non-hydrogen) atoms. The molecule has 2 aliphatic rings. The Labute approximate surface area is 210 Å². The Morgan fingerprint density at radius 3 is 2.53 bits per heavy atom. The van der Waals surface area contributed by atoms with Gasteiger partial charge in [0.1, 0.15) is 15.7 Å². The molecule has 1 aliphatic heterocycles. The smallest absolute Gasteiger partial charge is 0.337 e. The van der Waals surface area contributed by atoms with Gasteiger partial charge in [-0.05, 0) is 70.1 Å². The summed E-state index contributed by atoms with van der Waals surface area (Å²) in [7, 11) is 5.17. The Morgan fingerprint density at radius 2 is 1.88 bits per heavy atom. The molecular weight excluding hydrogens is 498 g/mol.